The molecule has 0 spiro atoms. The number of carbonyl (C=O) groups is 3. The number of aryl methyl sites for hydroxylation is 1. The number of thioether (sulfide) groups is 1. The van der Waals surface area contributed by atoms with E-state index in [1.165, 1.54) is 10.5 Å². The summed E-state index contributed by atoms with van der Waals surface area (Å²) in [6.45, 7) is 32.6. The number of nitrogens with one attached hydrogen (secondary N) is 3. The molecule has 3 atom stereocenters. The SMILES string of the molecule is CC(C)C1C(=O)Nc2ccccc21.CC(C)C1COCCN1.CC(C)n1nc(C(C)(F)F)c2c1CCN2C(=O)OC(C)(C)C.CC(C)n1nc(C(C)(F)F)c2c1CSC2.Cc1ccc2c(c1)C(C(C)C)C(=O)N2. The highest BCUT2D eigenvalue weighted by Gasteiger charge is 2.43. The Labute approximate surface area is 434 Å². The maximum absolute atomic E-state index is 13.9. The lowest BCUT2D eigenvalue weighted by Crippen LogP contribution is -2.44. The molecule has 2 aromatic carbocycles. The van der Waals surface area contributed by atoms with Crippen LogP contribution >= 0.6 is 11.8 Å². The first kappa shape index (κ1) is 58.9. The van der Waals surface area contributed by atoms with Gasteiger partial charge >= 0.3 is 6.09 Å². The zero-order chi connectivity index (χ0) is 54.5. The van der Waals surface area contributed by atoms with Crippen molar-refractivity contribution in [2.75, 3.05) is 41.8 Å². The fourth-order valence-electron chi connectivity index (χ4n) is 9.34. The molecule has 3 N–H and O–H groups in total. The monoisotopic (exact) mass is 1040 g/mol. The van der Waals surface area contributed by atoms with E-state index in [9.17, 15) is 31.9 Å². The van der Waals surface area contributed by atoms with Crippen LogP contribution < -0.4 is 20.9 Å². The van der Waals surface area contributed by atoms with Gasteiger partial charge in [0.1, 0.15) is 11.3 Å². The van der Waals surface area contributed by atoms with E-state index in [0.717, 1.165) is 73.1 Å². The van der Waals surface area contributed by atoms with E-state index in [2.05, 4.69) is 80.7 Å². The van der Waals surface area contributed by atoms with Crippen LogP contribution in [0.4, 0.5) is 39.4 Å². The first-order valence-corrected chi connectivity index (χ1v) is 26.8. The van der Waals surface area contributed by atoms with E-state index in [1.54, 1.807) is 41.9 Å². The van der Waals surface area contributed by atoms with E-state index in [4.69, 9.17) is 9.47 Å². The molecule has 3 amide bonds. The van der Waals surface area contributed by atoms with E-state index < -0.39 is 23.5 Å². The summed E-state index contributed by atoms with van der Waals surface area (Å²) >= 11 is 1.68. The largest absolute Gasteiger partial charge is 0.443 e. The molecule has 1 saturated heterocycles. The number of fused-ring (bicyclic) bond motifs is 4. The summed E-state index contributed by atoms with van der Waals surface area (Å²) in [6, 6.07) is 14.7. The van der Waals surface area contributed by atoms with Gasteiger partial charge in [0.05, 0.1) is 42.1 Å². The van der Waals surface area contributed by atoms with Gasteiger partial charge in [-0.25, -0.2) is 4.79 Å². The van der Waals surface area contributed by atoms with E-state index >= 15 is 0 Å². The van der Waals surface area contributed by atoms with Crippen LogP contribution in [0.15, 0.2) is 42.5 Å². The molecule has 9 rings (SSSR count). The molecular formula is C55H80F4N8O5S. The average molecular weight is 1040 g/mol. The van der Waals surface area contributed by atoms with Crippen molar-refractivity contribution in [2.24, 2.45) is 17.8 Å². The van der Waals surface area contributed by atoms with Crippen molar-refractivity contribution in [3.8, 4) is 0 Å². The third-order valence-corrected chi connectivity index (χ3v) is 13.8. The Kier molecular flexibility index (Phi) is 19.5. The molecule has 4 aromatic rings. The minimum atomic E-state index is -3.12. The minimum Gasteiger partial charge on any atom is -0.443 e. The third-order valence-electron chi connectivity index (χ3n) is 12.9. The Morgan fingerprint density at radius 3 is 1.79 bits per heavy atom. The highest BCUT2D eigenvalue weighted by molar-refractivity contribution is 7.98. The second-order valence-electron chi connectivity index (χ2n) is 22.1. The number of morpholine rings is 1. The maximum Gasteiger partial charge on any atom is 0.414 e. The molecule has 1 fully saturated rings. The maximum atomic E-state index is 13.9. The quantitative estimate of drug-likeness (QED) is 0.154. The first-order chi connectivity index (χ1) is 33.9. The number of carbonyl (C=O) groups excluding carboxylic acids is 3. The van der Waals surface area contributed by atoms with Crippen LogP contribution in [-0.2, 0) is 48.8 Å². The van der Waals surface area contributed by atoms with Crippen molar-refractivity contribution in [3.63, 3.8) is 0 Å². The Morgan fingerprint density at radius 2 is 1.29 bits per heavy atom. The Hall–Kier alpha value is -4.94. The lowest BCUT2D eigenvalue weighted by molar-refractivity contribution is -0.118. The minimum absolute atomic E-state index is 0.0313. The topological polar surface area (TPSA) is 145 Å². The molecule has 5 aliphatic heterocycles. The molecular weight excluding hydrogens is 961 g/mol. The number of ether oxygens (including phenoxy) is 2. The average Bonchev–Trinajstić information content (AvgIpc) is 4.13. The number of benzene rings is 2. The summed E-state index contributed by atoms with van der Waals surface area (Å²) in [5.74, 6) is -2.70. The second kappa shape index (κ2) is 24.2. The van der Waals surface area contributed by atoms with Crippen molar-refractivity contribution >= 4 is 46.7 Å². The summed E-state index contributed by atoms with van der Waals surface area (Å²) in [6.07, 6.45) is -0.115. The zero-order valence-corrected chi connectivity index (χ0v) is 46.6. The van der Waals surface area contributed by atoms with Gasteiger partial charge < -0.3 is 25.4 Å². The highest BCUT2D eigenvalue weighted by atomic mass is 32.2. The summed E-state index contributed by atoms with van der Waals surface area (Å²) in [5.41, 5.74) is 7.00. The van der Waals surface area contributed by atoms with Gasteiger partial charge in [0, 0.05) is 79.9 Å². The van der Waals surface area contributed by atoms with Crippen molar-refractivity contribution in [2.45, 2.75) is 176 Å². The molecule has 3 unspecified atom stereocenters. The number of aromatic nitrogens is 4. The van der Waals surface area contributed by atoms with Crippen molar-refractivity contribution in [3.05, 3.63) is 87.5 Å². The lowest BCUT2D eigenvalue weighted by Gasteiger charge is -2.26. The van der Waals surface area contributed by atoms with Crippen LogP contribution in [-0.4, -0.2) is 75.4 Å². The second-order valence-corrected chi connectivity index (χ2v) is 23.1. The molecule has 0 aliphatic carbocycles. The summed E-state index contributed by atoms with van der Waals surface area (Å²) < 4.78 is 68.3. The van der Waals surface area contributed by atoms with Crippen LogP contribution in [0.25, 0.3) is 0 Å². The number of halogens is 4. The van der Waals surface area contributed by atoms with E-state index in [-0.39, 0.29) is 52.8 Å². The summed E-state index contributed by atoms with van der Waals surface area (Å²) in [7, 11) is 0. The van der Waals surface area contributed by atoms with Gasteiger partial charge in [-0.15, -0.1) is 0 Å². The number of para-hydroxylation sites is 1. The van der Waals surface area contributed by atoms with Crippen molar-refractivity contribution in [1.29, 1.82) is 0 Å². The predicted octanol–water partition coefficient (Wildman–Crippen LogP) is 12.9. The number of alkyl halides is 4. The molecule has 73 heavy (non-hydrogen) atoms. The fourth-order valence-corrected chi connectivity index (χ4v) is 10.5. The molecule has 2 aromatic heterocycles. The number of hydrogen-bond acceptors (Lipinski definition) is 9. The standard InChI is InChI=1S/C15H23F2N3O2.C12H15NO.C11H13NO.C10H14F2N2S.C7H15NO/c1-9(2)20-10-7-8-19(13(21)22-14(3,4)5)11(10)12(18-20)15(6,16)17;1-7(2)11-9-6-8(3)4-5-10(9)13-12(11)14;1-7(2)10-8-5-3-4-6-9(8)12-11(10)13;1-6(2)14-8-5-15-4-7(8)9(13-14)10(3,11)12;1-6(2)7-5-9-4-3-8-7/h9H,7-8H2,1-6H3;4-7,11H,1-3H3,(H,13,14);3-7,10H,1-2H3,(H,12,13);6H,4-5H2,1-3H3;6-8H,3-5H2,1-2H3. The number of hydrogen-bond donors (Lipinski definition) is 3. The normalized spacial score (nSPS) is 18.9. The highest BCUT2D eigenvalue weighted by Crippen LogP contribution is 2.43. The van der Waals surface area contributed by atoms with Crippen LogP contribution in [0, 0.1) is 24.7 Å². The van der Waals surface area contributed by atoms with E-state index in [1.807, 2.05) is 64.1 Å². The molecule has 18 heteroatoms. The smallest absolute Gasteiger partial charge is 0.414 e. The number of rotatable bonds is 7. The molecule has 13 nitrogen and oxygen atoms in total. The van der Waals surface area contributed by atoms with Crippen LogP contribution in [0.5, 0.6) is 0 Å². The predicted molar refractivity (Wildman–Crippen MR) is 284 cm³/mol. The van der Waals surface area contributed by atoms with Gasteiger partial charge in [0.25, 0.3) is 11.8 Å². The number of anilines is 3. The Bertz CT molecular complexity index is 2530. The fraction of sp³-hybridized carbons (Fsp3) is 0.618. The zero-order valence-electron chi connectivity index (χ0n) is 45.8. The Morgan fingerprint density at radius 1 is 0.740 bits per heavy atom. The number of nitrogens with zero attached hydrogens (tertiary/aromatic N) is 5. The van der Waals surface area contributed by atoms with Gasteiger partial charge in [-0.05, 0) is 96.4 Å². The lowest BCUT2D eigenvalue weighted by atomic mass is 9.89. The van der Waals surface area contributed by atoms with Crippen LogP contribution in [0.2, 0.25) is 0 Å². The van der Waals surface area contributed by atoms with Gasteiger partial charge in [-0.3, -0.25) is 23.9 Å². The summed E-state index contributed by atoms with van der Waals surface area (Å²) in [5, 5.41) is 17.3. The van der Waals surface area contributed by atoms with Crippen molar-refractivity contribution < 1.29 is 41.4 Å². The molecule has 7 heterocycles. The number of amides is 3. The summed E-state index contributed by atoms with van der Waals surface area (Å²) in [4.78, 5) is 36.8. The van der Waals surface area contributed by atoms with Gasteiger partial charge in [0.2, 0.25) is 11.8 Å². The van der Waals surface area contributed by atoms with Crippen LogP contribution in [0.1, 0.15) is 173 Å². The molecule has 0 radical (unpaired) electrons. The van der Waals surface area contributed by atoms with Crippen LogP contribution in [0.3, 0.4) is 0 Å². The molecule has 0 bridgehead atoms. The van der Waals surface area contributed by atoms with Gasteiger partial charge in [0.15, 0.2) is 5.69 Å². The molecule has 5 aliphatic rings. The molecule has 404 valence electrons. The third kappa shape index (κ3) is 14.7. The van der Waals surface area contributed by atoms with Crippen molar-refractivity contribution in [1.82, 2.24) is 24.9 Å². The molecule has 0 saturated carbocycles. The first-order valence-electron chi connectivity index (χ1n) is 25.6. The van der Waals surface area contributed by atoms with E-state index in [0.29, 0.717) is 48.2 Å². The Balaban J connectivity index is 0.000000174. The van der Waals surface area contributed by atoms with Gasteiger partial charge in [-0.1, -0.05) is 77.4 Å². The van der Waals surface area contributed by atoms with Gasteiger partial charge in [-0.2, -0.15) is 39.5 Å².